The van der Waals surface area contributed by atoms with Crippen molar-refractivity contribution in [3.8, 4) is 0 Å². The van der Waals surface area contributed by atoms with Crippen molar-refractivity contribution in [1.82, 2.24) is 0 Å². The van der Waals surface area contributed by atoms with E-state index in [2.05, 4.69) is 25.2 Å². The molecule has 0 radical (unpaired) electrons. The highest BCUT2D eigenvalue weighted by Gasteiger charge is 2.19. The Hall–Kier alpha value is -1.31. The molecule has 1 aliphatic rings. The minimum absolute atomic E-state index is 0.0654. The Morgan fingerprint density at radius 1 is 1.00 bits per heavy atom. The first kappa shape index (κ1) is 17.7. The van der Waals surface area contributed by atoms with Gasteiger partial charge in [0.2, 0.25) is 0 Å². The molecule has 1 atom stereocenters. The summed E-state index contributed by atoms with van der Waals surface area (Å²) in [6.45, 7) is 4.06. The lowest BCUT2D eigenvalue weighted by atomic mass is 10.1. The molecule has 21 heavy (non-hydrogen) atoms. The van der Waals surface area contributed by atoms with E-state index in [9.17, 15) is 4.79 Å². The van der Waals surface area contributed by atoms with Gasteiger partial charge in [-0.15, -0.1) is 0 Å². The van der Waals surface area contributed by atoms with Crippen LogP contribution in [-0.2, 0) is 9.53 Å². The molecule has 2 nitrogen and oxygen atoms in total. The largest absolute Gasteiger partial charge is 0.455 e. The predicted octanol–water partition coefficient (Wildman–Crippen LogP) is 5.50. The molecule has 2 heteroatoms. The third kappa shape index (κ3) is 8.54. The number of esters is 1. The van der Waals surface area contributed by atoms with Crippen molar-refractivity contribution >= 4 is 5.97 Å². The molecule has 0 saturated heterocycles. The topological polar surface area (TPSA) is 26.3 Å². The van der Waals surface area contributed by atoms with Crippen LogP contribution in [0.2, 0.25) is 0 Å². The summed E-state index contributed by atoms with van der Waals surface area (Å²) in [6.07, 6.45) is 21.7. The summed E-state index contributed by atoms with van der Waals surface area (Å²) in [5, 5.41) is 0. The van der Waals surface area contributed by atoms with Gasteiger partial charge in [0.15, 0.2) is 0 Å². The standard InChI is InChI=1S/C19H30O2/c1-3-4-5-6-7-8-9-10-11-12-13-14-15-18-16-17(2)21-19(18)20/h4-5,14-17H,3,6-13H2,1-2H3. The van der Waals surface area contributed by atoms with Crippen molar-refractivity contribution in [2.75, 3.05) is 0 Å². The zero-order valence-corrected chi connectivity index (χ0v) is 13.6. The molecule has 1 aliphatic heterocycles. The van der Waals surface area contributed by atoms with E-state index in [4.69, 9.17) is 4.74 Å². The van der Waals surface area contributed by atoms with E-state index in [1.54, 1.807) is 0 Å². The van der Waals surface area contributed by atoms with Crippen LogP contribution in [0.15, 0.2) is 36.0 Å². The summed E-state index contributed by atoms with van der Waals surface area (Å²) < 4.78 is 5.04. The van der Waals surface area contributed by atoms with Crippen molar-refractivity contribution in [3.63, 3.8) is 0 Å². The second-order valence-corrected chi connectivity index (χ2v) is 5.71. The third-order valence-electron chi connectivity index (χ3n) is 3.63. The van der Waals surface area contributed by atoms with Crippen molar-refractivity contribution in [2.45, 2.75) is 77.7 Å². The molecule has 0 bridgehead atoms. The molecular formula is C19H30O2. The lowest BCUT2D eigenvalue weighted by Gasteiger charge is -1.99. The van der Waals surface area contributed by atoms with Gasteiger partial charge in [-0.25, -0.2) is 4.79 Å². The number of allylic oxidation sites excluding steroid dienone is 3. The van der Waals surface area contributed by atoms with Gasteiger partial charge in [0.25, 0.3) is 0 Å². The Kier molecular flexibility index (Phi) is 9.60. The average Bonchev–Trinajstić information content (AvgIpc) is 2.78. The molecule has 118 valence electrons. The van der Waals surface area contributed by atoms with Crippen LogP contribution in [0.3, 0.4) is 0 Å². The smallest absolute Gasteiger partial charge is 0.338 e. The number of ether oxygens (including phenoxy) is 1. The van der Waals surface area contributed by atoms with Gasteiger partial charge in [-0.05, 0) is 45.1 Å². The molecule has 0 saturated carbocycles. The van der Waals surface area contributed by atoms with E-state index in [1.165, 1.54) is 44.9 Å². The number of carbonyl (C=O) groups is 1. The number of hydrogen-bond donors (Lipinski definition) is 0. The quantitative estimate of drug-likeness (QED) is 0.285. The molecule has 0 spiro atoms. The fourth-order valence-corrected chi connectivity index (χ4v) is 2.44. The highest BCUT2D eigenvalue weighted by Crippen LogP contribution is 2.15. The van der Waals surface area contributed by atoms with Crippen molar-refractivity contribution in [2.24, 2.45) is 0 Å². The highest BCUT2D eigenvalue weighted by molar-refractivity contribution is 5.93. The first-order valence-corrected chi connectivity index (χ1v) is 8.48. The first-order valence-electron chi connectivity index (χ1n) is 8.48. The van der Waals surface area contributed by atoms with E-state index in [0.29, 0.717) is 5.57 Å². The molecule has 0 aromatic rings. The summed E-state index contributed by atoms with van der Waals surface area (Å²) >= 11 is 0. The lowest BCUT2D eigenvalue weighted by molar-refractivity contribution is -0.138. The zero-order chi connectivity index (χ0) is 15.3. The molecule has 0 fully saturated rings. The van der Waals surface area contributed by atoms with E-state index < -0.39 is 0 Å². The maximum atomic E-state index is 11.4. The van der Waals surface area contributed by atoms with Crippen molar-refractivity contribution < 1.29 is 9.53 Å². The van der Waals surface area contributed by atoms with Crippen LogP contribution in [0, 0.1) is 0 Å². The molecule has 1 unspecified atom stereocenters. The first-order chi connectivity index (χ1) is 10.2. The summed E-state index contributed by atoms with van der Waals surface area (Å²) in [6, 6.07) is 0. The SMILES string of the molecule is CCC=CCCCCCCCCC=CC1=CC(C)OC1=O. The molecule has 0 aromatic heterocycles. The van der Waals surface area contributed by atoms with E-state index in [1.807, 2.05) is 19.1 Å². The van der Waals surface area contributed by atoms with E-state index in [0.717, 1.165) is 12.8 Å². The van der Waals surface area contributed by atoms with Gasteiger partial charge in [-0.3, -0.25) is 0 Å². The maximum absolute atomic E-state index is 11.4. The van der Waals surface area contributed by atoms with Gasteiger partial charge in [0.1, 0.15) is 6.10 Å². The molecule has 0 aliphatic carbocycles. The van der Waals surface area contributed by atoms with Gasteiger partial charge >= 0.3 is 5.97 Å². The van der Waals surface area contributed by atoms with Crippen LogP contribution in [-0.4, -0.2) is 12.1 Å². The number of hydrogen-bond acceptors (Lipinski definition) is 2. The second kappa shape index (κ2) is 11.4. The van der Waals surface area contributed by atoms with Crippen LogP contribution < -0.4 is 0 Å². The Bertz CT molecular complexity index is 377. The summed E-state index contributed by atoms with van der Waals surface area (Å²) in [7, 11) is 0. The van der Waals surface area contributed by atoms with Gasteiger partial charge in [0, 0.05) is 0 Å². The van der Waals surface area contributed by atoms with Crippen molar-refractivity contribution in [3.05, 3.63) is 36.0 Å². The fourth-order valence-electron chi connectivity index (χ4n) is 2.44. The monoisotopic (exact) mass is 290 g/mol. The Morgan fingerprint density at radius 2 is 1.62 bits per heavy atom. The Balaban J connectivity index is 1.92. The number of cyclic esters (lactones) is 1. The van der Waals surface area contributed by atoms with Crippen molar-refractivity contribution in [1.29, 1.82) is 0 Å². The molecule has 0 amide bonds. The van der Waals surface area contributed by atoms with Crippen LogP contribution in [0.25, 0.3) is 0 Å². The summed E-state index contributed by atoms with van der Waals surface area (Å²) in [5.41, 5.74) is 0.711. The number of carbonyl (C=O) groups excluding carboxylic acids is 1. The normalized spacial score (nSPS) is 18.7. The average molecular weight is 290 g/mol. The summed E-state index contributed by atoms with van der Waals surface area (Å²) in [4.78, 5) is 11.4. The van der Waals surface area contributed by atoms with Crippen LogP contribution in [0.1, 0.15) is 71.6 Å². The number of unbranched alkanes of at least 4 members (excludes halogenated alkanes) is 7. The van der Waals surface area contributed by atoms with Crippen LogP contribution in [0.5, 0.6) is 0 Å². The summed E-state index contributed by atoms with van der Waals surface area (Å²) in [5.74, 6) is -0.184. The molecule has 1 heterocycles. The van der Waals surface area contributed by atoms with Gasteiger partial charge in [0.05, 0.1) is 5.57 Å². The van der Waals surface area contributed by atoms with Gasteiger partial charge in [-0.2, -0.15) is 0 Å². The number of rotatable bonds is 11. The highest BCUT2D eigenvalue weighted by atomic mass is 16.5. The Morgan fingerprint density at radius 3 is 2.19 bits per heavy atom. The van der Waals surface area contributed by atoms with Crippen LogP contribution in [0.4, 0.5) is 0 Å². The maximum Gasteiger partial charge on any atom is 0.338 e. The Labute approximate surface area is 130 Å². The molecule has 1 rings (SSSR count). The molecule has 0 aromatic carbocycles. The minimum atomic E-state index is -0.184. The van der Waals surface area contributed by atoms with Gasteiger partial charge in [-0.1, -0.05) is 56.9 Å². The predicted molar refractivity (Wildman–Crippen MR) is 89.1 cm³/mol. The van der Waals surface area contributed by atoms with E-state index >= 15 is 0 Å². The third-order valence-corrected chi connectivity index (χ3v) is 3.63. The molecule has 0 N–H and O–H groups in total. The minimum Gasteiger partial charge on any atom is -0.455 e. The zero-order valence-electron chi connectivity index (χ0n) is 13.6. The second-order valence-electron chi connectivity index (χ2n) is 5.71. The fraction of sp³-hybridized carbons (Fsp3) is 0.632. The van der Waals surface area contributed by atoms with Crippen LogP contribution >= 0.6 is 0 Å². The van der Waals surface area contributed by atoms with Gasteiger partial charge < -0.3 is 4.74 Å². The van der Waals surface area contributed by atoms with E-state index in [-0.39, 0.29) is 12.1 Å². The molecular weight excluding hydrogens is 260 g/mol. The lowest BCUT2D eigenvalue weighted by Crippen LogP contribution is -2.02.